The zero-order chi connectivity index (χ0) is 31.2. The summed E-state index contributed by atoms with van der Waals surface area (Å²) in [7, 11) is 1.54. The zero-order valence-electron chi connectivity index (χ0n) is 25.3. The van der Waals surface area contributed by atoms with E-state index in [1.54, 1.807) is 42.5 Å². The fourth-order valence-corrected chi connectivity index (χ4v) is 6.18. The number of aliphatic hydroxyl groups is 1. The van der Waals surface area contributed by atoms with Crippen LogP contribution in [-0.4, -0.2) is 48.7 Å². The molecule has 230 valence electrons. The van der Waals surface area contributed by atoms with E-state index in [2.05, 4.69) is 6.92 Å². The Morgan fingerprint density at radius 2 is 1.68 bits per heavy atom. The molecule has 5 rings (SSSR count). The minimum absolute atomic E-state index is 0.0587. The first-order chi connectivity index (χ1) is 21.4. The fourth-order valence-electron chi connectivity index (χ4n) is 5.16. The van der Waals surface area contributed by atoms with E-state index in [4.69, 9.17) is 23.9 Å². The molecule has 4 aromatic rings. The van der Waals surface area contributed by atoms with Crippen molar-refractivity contribution in [1.82, 2.24) is 4.98 Å². The molecule has 1 saturated heterocycles. The molecule has 1 atom stereocenters. The van der Waals surface area contributed by atoms with Crippen LogP contribution in [0.15, 0.2) is 66.2 Å². The van der Waals surface area contributed by atoms with Gasteiger partial charge >= 0.3 is 5.91 Å². The summed E-state index contributed by atoms with van der Waals surface area (Å²) < 4.78 is 23.7. The monoisotopic (exact) mass is 616 g/mol. The number of benzene rings is 3. The zero-order valence-corrected chi connectivity index (χ0v) is 26.1. The summed E-state index contributed by atoms with van der Waals surface area (Å²) in [6.45, 7) is 7.37. The summed E-state index contributed by atoms with van der Waals surface area (Å²) >= 11 is 1.27. The molecule has 44 heavy (non-hydrogen) atoms. The summed E-state index contributed by atoms with van der Waals surface area (Å²) in [5, 5.41) is 11.9. The van der Waals surface area contributed by atoms with Crippen LogP contribution in [0.3, 0.4) is 0 Å². The summed E-state index contributed by atoms with van der Waals surface area (Å²) in [5.41, 5.74) is 1.51. The van der Waals surface area contributed by atoms with E-state index in [9.17, 15) is 14.7 Å². The highest BCUT2D eigenvalue weighted by molar-refractivity contribution is 7.22. The van der Waals surface area contributed by atoms with Gasteiger partial charge in [-0.25, -0.2) is 4.98 Å². The molecule has 3 aromatic carbocycles. The highest BCUT2D eigenvalue weighted by Gasteiger charge is 2.48. The molecule has 2 heterocycles. The largest absolute Gasteiger partial charge is 0.507 e. The molecule has 0 bridgehead atoms. The highest BCUT2D eigenvalue weighted by Crippen LogP contribution is 2.46. The number of ketones is 1. The van der Waals surface area contributed by atoms with Gasteiger partial charge in [0, 0.05) is 5.56 Å². The lowest BCUT2D eigenvalue weighted by Gasteiger charge is -2.24. The Bertz CT molecular complexity index is 1700. The third kappa shape index (κ3) is 6.21. The van der Waals surface area contributed by atoms with Gasteiger partial charge in [-0.15, -0.1) is 0 Å². The number of thiazole rings is 1. The molecule has 10 heteroatoms. The number of hydrogen-bond donors (Lipinski definition) is 1. The third-order valence-electron chi connectivity index (χ3n) is 7.24. The number of fused-ring (bicyclic) bond motifs is 1. The Hall–Kier alpha value is -4.57. The van der Waals surface area contributed by atoms with Crippen molar-refractivity contribution in [3.8, 4) is 23.0 Å². The molecule has 1 N–H and O–H groups in total. The van der Waals surface area contributed by atoms with Crippen molar-refractivity contribution in [1.29, 1.82) is 0 Å². The quantitative estimate of drug-likeness (QED) is 0.0722. The van der Waals surface area contributed by atoms with Crippen LogP contribution < -0.4 is 23.8 Å². The Balaban J connectivity index is 1.65. The van der Waals surface area contributed by atoms with Crippen molar-refractivity contribution in [2.24, 2.45) is 0 Å². The van der Waals surface area contributed by atoms with Crippen LogP contribution >= 0.6 is 11.3 Å². The summed E-state index contributed by atoms with van der Waals surface area (Å²) in [6.07, 6.45) is 3.03. The Morgan fingerprint density at radius 3 is 2.41 bits per heavy atom. The Morgan fingerprint density at radius 1 is 0.909 bits per heavy atom. The molecular formula is C34H36N2O7S. The van der Waals surface area contributed by atoms with Gasteiger partial charge in [-0.2, -0.15) is 0 Å². The average Bonchev–Trinajstić information content (AvgIpc) is 3.56. The number of nitrogens with zero attached hydrogens (tertiary/aromatic N) is 2. The van der Waals surface area contributed by atoms with Crippen LogP contribution in [0.2, 0.25) is 0 Å². The van der Waals surface area contributed by atoms with E-state index < -0.39 is 17.7 Å². The molecule has 0 saturated carbocycles. The number of aromatic nitrogens is 1. The van der Waals surface area contributed by atoms with E-state index in [0.29, 0.717) is 64.6 Å². The van der Waals surface area contributed by atoms with Crippen LogP contribution in [0.5, 0.6) is 23.0 Å². The van der Waals surface area contributed by atoms with Crippen LogP contribution in [-0.2, 0) is 9.59 Å². The lowest BCUT2D eigenvalue weighted by molar-refractivity contribution is -0.132. The molecule has 1 amide bonds. The van der Waals surface area contributed by atoms with E-state index in [1.165, 1.54) is 23.3 Å². The van der Waals surface area contributed by atoms with Crippen molar-refractivity contribution >= 4 is 44.1 Å². The molecule has 1 unspecified atom stereocenters. The number of anilines is 1. The van der Waals surface area contributed by atoms with E-state index in [-0.39, 0.29) is 11.3 Å². The van der Waals surface area contributed by atoms with Gasteiger partial charge in [0.25, 0.3) is 5.78 Å². The van der Waals surface area contributed by atoms with Gasteiger partial charge in [0.05, 0.1) is 48.8 Å². The fraction of sp³-hybridized carbons (Fsp3) is 0.324. The summed E-state index contributed by atoms with van der Waals surface area (Å²) in [6, 6.07) is 16.6. The number of hydrogen-bond acceptors (Lipinski definition) is 9. The van der Waals surface area contributed by atoms with Gasteiger partial charge in [0.15, 0.2) is 16.6 Å². The van der Waals surface area contributed by atoms with Crippen molar-refractivity contribution in [2.75, 3.05) is 31.8 Å². The molecule has 0 aliphatic carbocycles. The minimum atomic E-state index is -0.985. The third-order valence-corrected chi connectivity index (χ3v) is 8.25. The van der Waals surface area contributed by atoms with Crippen molar-refractivity contribution in [2.45, 2.75) is 46.1 Å². The predicted molar refractivity (Wildman–Crippen MR) is 171 cm³/mol. The Labute approximate surface area is 260 Å². The number of Topliss-reactive ketones (excluding diaryl/α,β-unsaturated/α-hetero) is 1. The first-order valence-electron chi connectivity index (χ1n) is 14.8. The maximum Gasteiger partial charge on any atom is 0.301 e. The van der Waals surface area contributed by atoms with Gasteiger partial charge in [0.2, 0.25) is 0 Å². The molecular weight excluding hydrogens is 580 g/mol. The Kier molecular flexibility index (Phi) is 9.69. The maximum atomic E-state index is 13.8. The number of ether oxygens (including phenoxy) is 4. The maximum absolute atomic E-state index is 13.8. The van der Waals surface area contributed by atoms with Crippen molar-refractivity contribution < 1.29 is 33.6 Å². The van der Waals surface area contributed by atoms with Gasteiger partial charge < -0.3 is 24.1 Å². The number of amides is 1. The first kappa shape index (κ1) is 30.9. The smallest absolute Gasteiger partial charge is 0.301 e. The lowest BCUT2D eigenvalue weighted by Crippen LogP contribution is -2.29. The molecule has 9 nitrogen and oxygen atoms in total. The normalized spacial score (nSPS) is 16.0. The first-order valence-corrected chi connectivity index (χ1v) is 15.6. The second-order valence-corrected chi connectivity index (χ2v) is 11.2. The van der Waals surface area contributed by atoms with E-state index in [1.807, 2.05) is 32.0 Å². The van der Waals surface area contributed by atoms with Gasteiger partial charge in [0.1, 0.15) is 17.3 Å². The van der Waals surface area contributed by atoms with Crippen LogP contribution in [0.4, 0.5) is 5.13 Å². The number of aliphatic hydroxyl groups excluding tert-OH is 1. The number of methoxy groups -OCH3 is 1. The number of carbonyl (C=O) groups is 2. The number of carbonyl (C=O) groups excluding carboxylic acids is 2. The summed E-state index contributed by atoms with van der Waals surface area (Å²) in [4.78, 5) is 33.6. The van der Waals surface area contributed by atoms with Crippen LogP contribution in [0.25, 0.3) is 16.0 Å². The van der Waals surface area contributed by atoms with Gasteiger partial charge in [-0.3, -0.25) is 14.5 Å². The van der Waals surface area contributed by atoms with E-state index in [0.717, 1.165) is 24.0 Å². The molecule has 0 radical (unpaired) electrons. The highest BCUT2D eigenvalue weighted by atomic mass is 32.1. The van der Waals surface area contributed by atoms with Crippen LogP contribution in [0, 0.1) is 0 Å². The minimum Gasteiger partial charge on any atom is -0.507 e. The van der Waals surface area contributed by atoms with Gasteiger partial charge in [-0.1, -0.05) is 49.3 Å². The summed E-state index contributed by atoms with van der Waals surface area (Å²) in [5.74, 6) is 0.303. The lowest BCUT2D eigenvalue weighted by atomic mass is 9.95. The van der Waals surface area contributed by atoms with Crippen molar-refractivity contribution in [3.63, 3.8) is 0 Å². The molecule has 1 aromatic heterocycles. The number of unbranched alkanes of at least 4 members (excludes halogenated alkanes) is 2. The predicted octanol–water partition coefficient (Wildman–Crippen LogP) is 7.30. The number of rotatable bonds is 13. The second kappa shape index (κ2) is 13.8. The van der Waals surface area contributed by atoms with E-state index >= 15 is 0 Å². The van der Waals surface area contributed by atoms with Gasteiger partial charge in [-0.05, 0) is 68.3 Å². The SMILES string of the molecule is CCCCCOc1ccc(C2C(=C(O)c3cccc(OCC)c3)C(=O)C(=O)N2c2nc3ccc(OCC)cc3s2)cc1OC. The second-order valence-electron chi connectivity index (χ2n) is 10.2. The topological polar surface area (TPSA) is 107 Å². The molecule has 0 spiro atoms. The standard InChI is InChI=1S/C34H36N2O7S/c1-5-8-9-17-43-26-16-13-21(19-27(26)40-4)30-29(31(37)22-11-10-12-23(18-22)41-6-2)32(38)33(39)36(30)34-35-25-15-14-24(42-7-3)20-28(25)44-34/h10-16,18-20,30,37H,5-9,17H2,1-4H3. The van der Waals surface area contributed by atoms with Crippen molar-refractivity contribution in [3.05, 3.63) is 77.4 Å². The molecule has 1 aliphatic heterocycles. The van der Waals surface area contributed by atoms with Crippen LogP contribution in [0.1, 0.15) is 57.2 Å². The average molecular weight is 617 g/mol. The molecule has 1 fully saturated rings. The molecule has 1 aliphatic rings.